The van der Waals surface area contributed by atoms with E-state index in [1.54, 1.807) is 0 Å². The SMILES string of the molecule is CC[N-]CC.CC[N-]CC.CCc1c(C)c2cc3[nH]c(cc4nc(cc5nc(cc1[nH]2)C(C)=C5CCC(=O)[O-])C(CCC(=O)[O-])=C4C)c(C)c3CC.CCc1c(C)c2cc3[nH]c(cc4nc(cc5nc(cc1[nH]2)C(C)=C5CCC(=O)[O-])C(CCC(=O)[O-])=C4C)c(C)c3CC.[Zn+2].[Zn+2].[Zn+2]. The number of aryl methyl sites for hydroxylation is 8. The number of carboxylic acids is 4. The van der Waals surface area contributed by atoms with Crippen LogP contribution in [0.1, 0.15) is 225 Å². The van der Waals surface area contributed by atoms with E-state index in [4.69, 9.17) is 19.9 Å². The number of fused-ring (bicyclic) bond motifs is 16. The Morgan fingerprint density at radius 1 is 0.309 bits per heavy atom. The molecule has 21 heteroatoms. The molecule has 10 rings (SSSR count). The number of carboxylic acid groups (broad SMARTS) is 4. The van der Waals surface area contributed by atoms with Gasteiger partial charge >= 0.3 is 58.4 Å². The number of H-pyrrole nitrogens is 4. The fourth-order valence-corrected chi connectivity index (χ4v) is 12.9. The van der Waals surface area contributed by atoms with Crippen molar-refractivity contribution in [3.63, 3.8) is 0 Å². The standard InChI is InChI=1S/2C34H38N4O4.2C4H10N.3Zn/c2*1-7-21-17(3)25-13-26-19(5)23(9-11-33(39)40)31(37-26)16-32-24(10-12-34(41)42)20(6)28(38-32)15-30-22(8-2)18(4)27(36-30)14-29(21)35-25;2*1-3-5-4-2;;;/h2*13-16,35-36H,7-12H2,1-6H3,(H,39,40)(H,41,42);2*3-4H2,1-2H3;;;/q;;2*-1;3*+2/p-4. The van der Waals surface area contributed by atoms with Crippen LogP contribution < -0.4 is 20.4 Å². The van der Waals surface area contributed by atoms with Crippen LogP contribution in [-0.4, -0.2) is 89.9 Å². The topological polar surface area (TPSA) is 303 Å². The number of allylic oxidation sites excluding steroid dienone is 8. The molecule has 4 N–H and O–H groups in total. The van der Waals surface area contributed by atoms with Gasteiger partial charge in [0.15, 0.2) is 0 Å². The van der Waals surface area contributed by atoms with Crippen molar-refractivity contribution in [2.45, 2.75) is 188 Å². The summed E-state index contributed by atoms with van der Waals surface area (Å²) in [5, 5.41) is 53.6. The van der Waals surface area contributed by atoms with E-state index in [9.17, 15) is 39.6 Å². The summed E-state index contributed by atoms with van der Waals surface area (Å²) >= 11 is 0. The van der Waals surface area contributed by atoms with Gasteiger partial charge in [0.05, 0.1) is 45.6 Å². The van der Waals surface area contributed by atoms with Crippen LogP contribution in [0.2, 0.25) is 0 Å². The number of nitrogens with zero attached hydrogens (tertiary/aromatic N) is 6. The predicted molar refractivity (Wildman–Crippen MR) is 374 cm³/mol. The summed E-state index contributed by atoms with van der Waals surface area (Å²) < 4.78 is 0. The second-order valence-electron chi connectivity index (χ2n) is 23.9. The number of aliphatic carboxylic acids is 4. The van der Waals surface area contributed by atoms with E-state index in [-0.39, 0.29) is 110 Å². The molecule has 10 heterocycles. The number of hydrogen-bond donors (Lipinski definition) is 4. The molecule has 0 atom stereocenters. The summed E-state index contributed by atoms with van der Waals surface area (Å²) in [4.78, 5) is 80.0. The fourth-order valence-electron chi connectivity index (χ4n) is 12.9. The molecule has 0 aromatic carbocycles. The third-order valence-electron chi connectivity index (χ3n) is 18.2. The van der Waals surface area contributed by atoms with Crippen molar-refractivity contribution in [1.82, 2.24) is 39.9 Å². The molecule has 0 radical (unpaired) electrons. The maximum absolute atomic E-state index is 11.4. The third kappa shape index (κ3) is 19.6. The van der Waals surface area contributed by atoms with Gasteiger partial charge < -0.3 is 70.2 Å². The predicted octanol–water partition coefficient (Wildman–Crippen LogP) is 12.7. The van der Waals surface area contributed by atoms with Crippen molar-refractivity contribution in [3.05, 3.63) is 149 Å². The smallest absolute Gasteiger partial charge is 0.663 e. The van der Waals surface area contributed by atoms with E-state index in [0.717, 1.165) is 174 Å². The molecule has 500 valence electrons. The van der Waals surface area contributed by atoms with Crippen molar-refractivity contribution in [2.24, 2.45) is 0 Å². The summed E-state index contributed by atoms with van der Waals surface area (Å²) in [6.45, 7) is 36.9. The van der Waals surface area contributed by atoms with Crippen LogP contribution in [-0.2, 0) is 103 Å². The van der Waals surface area contributed by atoms with E-state index in [0.29, 0.717) is 22.8 Å². The van der Waals surface area contributed by atoms with Gasteiger partial charge in [-0.1, -0.05) is 55.4 Å². The maximum atomic E-state index is 11.4. The van der Waals surface area contributed by atoms with Gasteiger partial charge in [-0.25, -0.2) is 19.9 Å². The summed E-state index contributed by atoms with van der Waals surface area (Å²) in [6.07, 6.45) is 3.92. The Morgan fingerprint density at radius 3 is 0.691 bits per heavy atom. The van der Waals surface area contributed by atoms with Gasteiger partial charge in [0.2, 0.25) is 0 Å². The Balaban J connectivity index is 0.000000352. The molecule has 6 aromatic rings. The van der Waals surface area contributed by atoms with Crippen molar-refractivity contribution in [1.29, 1.82) is 0 Å². The van der Waals surface area contributed by atoms with Crippen molar-refractivity contribution in [2.75, 3.05) is 26.2 Å². The molecule has 4 aliphatic heterocycles. The first-order chi connectivity index (χ1) is 44.9. The van der Waals surface area contributed by atoms with Crippen molar-refractivity contribution >= 4 is 113 Å². The second-order valence-corrected chi connectivity index (χ2v) is 23.9. The van der Waals surface area contributed by atoms with E-state index < -0.39 is 23.9 Å². The quantitative estimate of drug-likeness (QED) is 0.0519. The summed E-state index contributed by atoms with van der Waals surface area (Å²) in [7, 11) is 0. The second kappa shape index (κ2) is 37.7. The number of carbonyl (C=O) groups is 4. The first-order valence-electron chi connectivity index (χ1n) is 33.2. The Hall–Kier alpha value is -7.13. The zero-order chi connectivity index (χ0) is 68.8. The minimum Gasteiger partial charge on any atom is -0.663 e. The average Bonchev–Trinajstić information content (AvgIpc) is 1.63. The van der Waals surface area contributed by atoms with Gasteiger partial charge in [-0.3, -0.25) is 0 Å². The first kappa shape index (κ1) is 82.3. The number of carbonyl (C=O) groups excluding carboxylic acids is 4. The molecule has 4 aliphatic rings. The fraction of sp³-hybridized carbons (Fsp3) is 0.421. The zero-order valence-electron chi connectivity index (χ0n) is 60.0. The van der Waals surface area contributed by atoms with Crippen LogP contribution in [0, 0.1) is 27.7 Å². The zero-order valence-corrected chi connectivity index (χ0v) is 68.9. The molecule has 0 aliphatic carbocycles. The van der Waals surface area contributed by atoms with E-state index in [1.165, 1.54) is 33.4 Å². The van der Waals surface area contributed by atoms with Gasteiger partial charge in [0.25, 0.3) is 0 Å². The Morgan fingerprint density at radius 2 is 0.505 bits per heavy atom. The van der Waals surface area contributed by atoms with Crippen LogP contribution in [0.5, 0.6) is 0 Å². The molecule has 0 amide bonds. The number of nitrogens with one attached hydrogen (secondary N) is 4. The molecule has 18 nitrogen and oxygen atoms in total. The van der Waals surface area contributed by atoms with Gasteiger partial charge in [-0.05, 0) is 270 Å². The normalized spacial score (nSPS) is 12.4. The number of hydrogen-bond acceptors (Lipinski definition) is 12. The Kier molecular flexibility index (Phi) is 32.0. The Bertz CT molecular complexity index is 4110. The molecular weight excluding hydrogens is 1380 g/mol. The molecule has 97 heavy (non-hydrogen) atoms. The number of rotatable bonds is 20. The van der Waals surface area contributed by atoms with E-state index in [1.807, 2.05) is 91.8 Å². The summed E-state index contributed by atoms with van der Waals surface area (Å²) in [6, 6.07) is 16.2. The molecule has 0 saturated heterocycles. The summed E-state index contributed by atoms with van der Waals surface area (Å²) in [5.41, 5.74) is 29.8. The van der Waals surface area contributed by atoms with Crippen LogP contribution in [0.25, 0.3) is 99.4 Å². The van der Waals surface area contributed by atoms with Gasteiger partial charge in [-0.2, -0.15) is 26.2 Å². The van der Waals surface area contributed by atoms with Gasteiger partial charge in [0, 0.05) is 68.0 Å². The van der Waals surface area contributed by atoms with Gasteiger partial charge in [0.1, 0.15) is 0 Å². The summed E-state index contributed by atoms with van der Waals surface area (Å²) in [5.74, 6) is -4.50. The van der Waals surface area contributed by atoms with Crippen molar-refractivity contribution in [3.8, 4) is 0 Å². The minimum atomic E-state index is -1.13. The molecule has 16 bridgehead atoms. The molecule has 0 spiro atoms. The maximum Gasteiger partial charge on any atom is 2.00 e. The molecular formula is C76H92N10O8Zn3. The molecule has 0 saturated carbocycles. The monoisotopic (exact) mass is 1460 g/mol. The van der Waals surface area contributed by atoms with Crippen LogP contribution in [0.3, 0.4) is 0 Å². The molecule has 6 aromatic heterocycles. The minimum absolute atomic E-state index is 0. The Labute approximate surface area is 609 Å². The van der Waals surface area contributed by atoms with E-state index >= 15 is 0 Å². The van der Waals surface area contributed by atoms with Crippen LogP contribution in [0.15, 0.2) is 48.5 Å². The average molecular weight is 1470 g/mol. The van der Waals surface area contributed by atoms with Gasteiger partial charge in [-0.15, -0.1) is 0 Å². The first-order valence-corrected chi connectivity index (χ1v) is 33.2. The number of aromatic amines is 4. The van der Waals surface area contributed by atoms with Crippen molar-refractivity contribution < 1.29 is 98.0 Å². The van der Waals surface area contributed by atoms with Crippen LogP contribution >= 0.6 is 0 Å². The third-order valence-corrected chi connectivity index (χ3v) is 18.2. The largest absolute Gasteiger partial charge is 2.00 e. The number of aromatic nitrogens is 8. The molecule has 0 unspecified atom stereocenters. The van der Waals surface area contributed by atoms with E-state index in [2.05, 4.69) is 98.1 Å². The molecule has 0 fully saturated rings. The van der Waals surface area contributed by atoms with Crippen LogP contribution in [0.4, 0.5) is 0 Å².